The summed E-state index contributed by atoms with van der Waals surface area (Å²) in [4.78, 5) is 6.21. The van der Waals surface area contributed by atoms with Crippen LogP contribution in [0.5, 0.6) is 11.5 Å². The molecule has 1 unspecified atom stereocenters. The Labute approximate surface area is 162 Å². The number of quaternary nitrogens is 1. The molecule has 0 radical (unpaired) electrons. The van der Waals surface area contributed by atoms with Crippen LogP contribution in [0.2, 0.25) is 0 Å². The summed E-state index contributed by atoms with van der Waals surface area (Å²) in [5.41, 5.74) is 3.31. The lowest BCUT2D eigenvalue weighted by Gasteiger charge is -2.29. The first kappa shape index (κ1) is 17.0. The molecule has 3 aromatic rings. The van der Waals surface area contributed by atoms with Crippen molar-refractivity contribution in [1.82, 2.24) is 4.98 Å². The van der Waals surface area contributed by atoms with Crippen LogP contribution < -0.4 is 14.4 Å². The second-order valence-electron chi connectivity index (χ2n) is 7.21. The number of para-hydroxylation sites is 1. The van der Waals surface area contributed by atoms with E-state index in [0.29, 0.717) is 12.8 Å². The molecular weight excluding hydrogens is 360 g/mol. The highest BCUT2D eigenvalue weighted by molar-refractivity contribution is 7.21. The predicted octanol–water partition coefficient (Wildman–Crippen LogP) is 2.89. The Morgan fingerprint density at radius 2 is 2.22 bits per heavy atom. The highest BCUT2D eigenvalue weighted by atomic mass is 32.1. The Kier molecular flexibility index (Phi) is 4.47. The number of nitrogens with one attached hydrogen (secondary N) is 1. The van der Waals surface area contributed by atoms with Crippen molar-refractivity contribution in [1.29, 1.82) is 0 Å². The normalized spacial score (nSPS) is 21.8. The van der Waals surface area contributed by atoms with Gasteiger partial charge in [-0.3, -0.25) is 4.90 Å². The summed E-state index contributed by atoms with van der Waals surface area (Å²) in [5, 5.41) is 1.02. The standard InChI is InChI=1S/C21H22N2O3S/c1-24-18-10-14(21-22-17-6-2-3-7-19(17)27-21)9-15-11-23(13-26-20(15)18)12-16-5-4-8-25-16/h2-3,6-7,9-10,16H,4-5,8,11-13H2,1H3/p+1/t16-/m1/s1. The molecule has 1 N–H and O–H groups in total. The Bertz CT molecular complexity index is 932. The van der Waals surface area contributed by atoms with E-state index in [0.717, 1.165) is 53.7 Å². The van der Waals surface area contributed by atoms with Gasteiger partial charge in [0.1, 0.15) is 24.2 Å². The lowest BCUT2D eigenvalue weighted by Crippen LogP contribution is -3.13. The molecule has 1 aromatic heterocycles. The number of hydrogen-bond donors (Lipinski definition) is 1. The number of methoxy groups -OCH3 is 1. The van der Waals surface area contributed by atoms with E-state index in [-0.39, 0.29) is 0 Å². The maximum atomic E-state index is 6.08. The van der Waals surface area contributed by atoms with Crippen LogP contribution in [-0.4, -0.2) is 38.1 Å². The summed E-state index contributed by atoms with van der Waals surface area (Å²) >= 11 is 1.71. The largest absolute Gasteiger partial charge is 0.493 e. The number of hydrogen-bond acceptors (Lipinski definition) is 5. The van der Waals surface area contributed by atoms with E-state index in [1.807, 2.05) is 12.1 Å². The fourth-order valence-corrected chi connectivity index (χ4v) is 4.93. The fraction of sp³-hybridized carbons (Fsp3) is 0.381. The number of nitrogens with zero attached hydrogens (tertiary/aromatic N) is 1. The van der Waals surface area contributed by atoms with Crippen molar-refractivity contribution in [3.05, 3.63) is 42.0 Å². The van der Waals surface area contributed by atoms with Gasteiger partial charge in [-0.15, -0.1) is 11.3 Å². The molecule has 0 saturated carbocycles. The van der Waals surface area contributed by atoms with Gasteiger partial charge < -0.3 is 14.2 Å². The summed E-state index contributed by atoms with van der Waals surface area (Å²) in [6.07, 6.45) is 2.69. The third-order valence-corrected chi connectivity index (χ3v) is 6.38. The van der Waals surface area contributed by atoms with Crippen LogP contribution in [0.15, 0.2) is 36.4 Å². The molecule has 140 valence electrons. The number of ether oxygens (including phenoxy) is 3. The summed E-state index contributed by atoms with van der Waals surface area (Å²) in [6.45, 7) is 3.46. The molecule has 1 fully saturated rings. The Balaban J connectivity index is 1.47. The first-order valence-corrected chi connectivity index (χ1v) is 10.3. The maximum absolute atomic E-state index is 6.08. The summed E-state index contributed by atoms with van der Waals surface area (Å²) in [5.74, 6) is 1.66. The van der Waals surface area contributed by atoms with Crippen molar-refractivity contribution in [2.75, 3.05) is 27.0 Å². The van der Waals surface area contributed by atoms with E-state index in [9.17, 15) is 0 Å². The highest BCUT2D eigenvalue weighted by Gasteiger charge is 2.29. The van der Waals surface area contributed by atoms with Crippen molar-refractivity contribution in [2.45, 2.75) is 25.5 Å². The minimum Gasteiger partial charge on any atom is -0.493 e. The van der Waals surface area contributed by atoms with E-state index in [4.69, 9.17) is 19.2 Å². The Morgan fingerprint density at radius 3 is 3.04 bits per heavy atom. The number of thiazole rings is 1. The second kappa shape index (κ2) is 7.11. The van der Waals surface area contributed by atoms with Crippen LogP contribution in [0.4, 0.5) is 0 Å². The summed E-state index contributed by atoms with van der Waals surface area (Å²) in [6, 6.07) is 12.5. The molecule has 1 saturated heterocycles. The average molecular weight is 383 g/mol. The zero-order valence-electron chi connectivity index (χ0n) is 15.4. The molecule has 27 heavy (non-hydrogen) atoms. The van der Waals surface area contributed by atoms with Crippen LogP contribution in [0.25, 0.3) is 20.8 Å². The smallest absolute Gasteiger partial charge is 0.223 e. The van der Waals surface area contributed by atoms with Crippen molar-refractivity contribution in [3.8, 4) is 22.1 Å². The zero-order chi connectivity index (χ0) is 18.2. The van der Waals surface area contributed by atoms with Crippen LogP contribution in [0.3, 0.4) is 0 Å². The number of benzene rings is 2. The van der Waals surface area contributed by atoms with Gasteiger partial charge in [0.15, 0.2) is 11.5 Å². The number of aromatic nitrogens is 1. The second-order valence-corrected chi connectivity index (χ2v) is 8.24. The van der Waals surface area contributed by atoms with Gasteiger partial charge in [0, 0.05) is 12.2 Å². The van der Waals surface area contributed by atoms with E-state index in [1.165, 1.54) is 21.6 Å². The van der Waals surface area contributed by atoms with E-state index in [1.54, 1.807) is 18.4 Å². The molecule has 6 heteroatoms. The zero-order valence-corrected chi connectivity index (χ0v) is 16.2. The first-order valence-electron chi connectivity index (χ1n) is 9.45. The van der Waals surface area contributed by atoms with Crippen LogP contribution in [0.1, 0.15) is 18.4 Å². The molecule has 2 aliphatic rings. The monoisotopic (exact) mass is 383 g/mol. The van der Waals surface area contributed by atoms with Gasteiger partial charge in [-0.25, -0.2) is 4.98 Å². The quantitative estimate of drug-likeness (QED) is 0.753. The topological polar surface area (TPSA) is 45.0 Å². The average Bonchev–Trinajstić information content (AvgIpc) is 3.36. The van der Waals surface area contributed by atoms with Crippen LogP contribution >= 0.6 is 11.3 Å². The molecule has 0 aliphatic carbocycles. The number of rotatable bonds is 4. The molecule has 0 bridgehead atoms. The molecule has 0 amide bonds. The molecule has 2 aromatic carbocycles. The van der Waals surface area contributed by atoms with Crippen LogP contribution in [0, 0.1) is 0 Å². The number of fused-ring (bicyclic) bond motifs is 2. The van der Waals surface area contributed by atoms with Crippen molar-refractivity contribution in [3.63, 3.8) is 0 Å². The third kappa shape index (κ3) is 3.29. The minimum atomic E-state index is 0.361. The van der Waals surface area contributed by atoms with E-state index < -0.39 is 0 Å². The molecule has 2 aliphatic heterocycles. The SMILES string of the molecule is COc1cc(-c2nc3ccccc3s2)cc2c1OC[NH+](C[C@H]1CCCO1)C2. The summed E-state index contributed by atoms with van der Waals surface area (Å²) in [7, 11) is 1.70. The Morgan fingerprint density at radius 1 is 1.30 bits per heavy atom. The fourth-order valence-electron chi connectivity index (χ4n) is 3.98. The lowest BCUT2D eigenvalue weighted by molar-refractivity contribution is -0.935. The van der Waals surface area contributed by atoms with Gasteiger partial charge in [-0.05, 0) is 37.1 Å². The van der Waals surface area contributed by atoms with Crippen molar-refractivity contribution < 1.29 is 19.1 Å². The summed E-state index contributed by atoms with van der Waals surface area (Å²) < 4.78 is 18.7. The molecule has 0 spiro atoms. The van der Waals surface area contributed by atoms with Crippen molar-refractivity contribution in [2.24, 2.45) is 0 Å². The minimum absolute atomic E-state index is 0.361. The molecule has 5 rings (SSSR count). The lowest BCUT2D eigenvalue weighted by atomic mass is 10.1. The van der Waals surface area contributed by atoms with Crippen molar-refractivity contribution >= 4 is 21.6 Å². The van der Waals surface area contributed by atoms with E-state index >= 15 is 0 Å². The van der Waals surface area contributed by atoms with Crippen LogP contribution in [-0.2, 0) is 11.3 Å². The maximum Gasteiger partial charge on any atom is 0.223 e. The molecule has 3 heterocycles. The Hall–Kier alpha value is -2.15. The third-order valence-electron chi connectivity index (χ3n) is 5.29. The highest BCUT2D eigenvalue weighted by Crippen LogP contribution is 2.39. The predicted molar refractivity (Wildman–Crippen MR) is 106 cm³/mol. The van der Waals surface area contributed by atoms with Gasteiger partial charge >= 0.3 is 0 Å². The molecule has 5 nitrogen and oxygen atoms in total. The van der Waals surface area contributed by atoms with E-state index in [2.05, 4.69) is 24.3 Å². The van der Waals surface area contributed by atoms with Gasteiger partial charge in [0.25, 0.3) is 0 Å². The van der Waals surface area contributed by atoms with Gasteiger partial charge in [-0.1, -0.05) is 12.1 Å². The molecular formula is C21H23N2O3S+. The first-order chi connectivity index (χ1) is 13.3. The van der Waals surface area contributed by atoms with Gasteiger partial charge in [0.05, 0.1) is 22.9 Å². The van der Waals surface area contributed by atoms with Gasteiger partial charge in [0.2, 0.25) is 6.73 Å². The molecule has 2 atom stereocenters. The van der Waals surface area contributed by atoms with Gasteiger partial charge in [-0.2, -0.15) is 0 Å².